The number of carbonyl (C=O) groups is 2. The zero-order valence-corrected chi connectivity index (χ0v) is 6.64. The number of methoxy groups -OCH3 is 1. The zero-order valence-electron chi connectivity index (χ0n) is 6.64. The van der Waals surface area contributed by atoms with Gasteiger partial charge < -0.3 is 15.4 Å². The fraction of sp³-hybridized carbons (Fsp3) is 0.667. The van der Waals surface area contributed by atoms with Gasteiger partial charge in [0.1, 0.15) is 6.54 Å². The Kier molecular flexibility index (Phi) is 4.89. The lowest BCUT2D eigenvalue weighted by atomic mass is 10.6. The van der Waals surface area contributed by atoms with E-state index in [-0.39, 0.29) is 12.6 Å². The topological polar surface area (TPSA) is 67.4 Å². The fourth-order valence-electron chi connectivity index (χ4n) is 0.448. The monoisotopic (exact) mass is 160 g/mol. The van der Waals surface area contributed by atoms with Crippen molar-refractivity contribution in [2.75, 3.05) is 20.2 Å². The minimum atomic E-state index is -0.462. The molecule has 2 amide bonds. The van der Waals surface area contributed by atoms with Gasteiger partial charge in [0.25, 0.3) is 0 Å². The molecule has 0 fully saturated rings. The van der Waals surface area contributed by atoms with E-state index in [1.165, 1.54) is 7.11 Å². The summed E-state index contributed by atoms with van der Waals surface area (Å²) in [6.07, 6.45) is 0. The maximum Gasteiger partial charge on any atom is 0.325 e. The number of esters is 1. The van der Waals surface area contributed by atoms with Crippen molar-refractivity contribution in [1.82, 2.24) is 10.6 Å². The van der Waals surface area contributed by atoms with Crippen LogP contribution in [0.1, 0.15) is 6.92 Å². The maximum atomic E-state index is 10.6. The summed E-state index contributed by atoms with van der Waals surface area (Å²) in [6, 6.07) is -0.363. The average Bonchev–Trinajstić information content (AvgIpc) is 2.01. The molecule has 5 heteroatoms. The second-order valence-corrected chi connectivity index (χ2v) is 1.79. The third-order valence-corrected chi connectivity index (χ3v) is 0.958. The molecule has 0 atom stereocenters. The summed E-state index contributed by atoms with van der Waals surface area (Å²) in [6.45, 7) is 2.23. The first-order chi connectivity index (χ1) is 5.20. The molecule has 0 aliphatic carbocycles. The first-order valence-corrected chi connectivity index (χ1v) is 3.29. The normalized spacial score (nSPS) is 8.55. The Morgan fingerprint density at radius 3 is 2.45 bits per heavy atom. The third-order valence-electron chi connectivity index (χ3n) is 0.958. The van der Waals surface area contributed by atoms with Crippen LogP contribution in [-0.4, -0.2) is 32.2 Å². The molecule has 64 valence electrons. The van der Waals surface area contributed by atoms with E-state index in [9.17, 15) is 9.59 Å². The Morgan fingerprint density at radius 2 is 2.00 bits per heavy atom. The maximum absolute atomic E-state index is 10.6. The molecule has 0 aliphatic heterocycles. The summed E-state index contributed by atoms with van der Waals surface area (Å²) >= 11 is 0. The van der Waals surface area contributed by atoms with Crippen molar-refractivity contribution in [2.45, 2.75) is 6.92 Å². The molecule has 0 aliphatic rings. The second-order valence-electron chi connectivity index (χ2n) is 1.79. The molecular formula is C6H12N2O3. The molecule has 0 rings (SSSR count). The summed E-state index contributed by atoms with van der Waals surface area (Å²) in [5.41, 5.74) is 0. The lowest BCUT2D eigenvalue weighted by molar-refractivity contribution is -0.139. The molecule has 0 aromatic heterocycles. The van der Waals surface area contributed by atoms with Gasteiger partial charge in [-0.1, -0.05) is 0 Å². The molecule has 0 saturated heterocycles. The molecule has 2 N–H and O–H groups in total. The molecule has 0 spiro atoms. The van der Waals surface area contributed by atoms with E-state index in [2.05, 4.69) is 15.4 Å². The smallest absolute Gasteiger partial charge is 0.325 e. The number of ether oxygens (including phenoxy) is 1. The first kappa shape index (κ1) is 9.74. The quantitative estimate of drug-likeness (QED) is 0.546. The van der Waals surface area contributed by atoms with Gasteiger partial charge in [-0.2, -0.15) is 0 Å². The molecule has 0 aromatic carbocycles. The van der Waals surface area contributed by atoms with Crippen molar-refractivity contribution < 1.29 is 14.3 Å². The minimum Gasteiger partial charge on any atom is -0.468 e. The van der Waals surface area contributed by atoms with Gasteiger partial charge in [0.15, 0.2) is 0 Å². The van der Waals surface area contributed by atoms with Crippen molar-refractivity contribution in [3.63, 3.8) is 0 Å². The Bertz CT molecular complexity index is 147. The van der Waals surface area contributed by atoms with Gasteiger partial charge in [-0.05, 0) is 6.92 Å². The SMILES string of the molecule is CCNC(=O)NCC(=O)OC. The van der Waals surface area contributed by atoms with E-state index in [0.717, 1.165) is 0 Å². The molecule has 0 unspecified atom stereocenters. The van der Waals surface area contributed by atoms with Crippen LogP contribution in [0.4, 0.5) is 4.79 Å². The Morgan fingerprint density at radius 1 is 1.36 bits per heavy atom. The van der Waals surface area contributed by atoms with Crippen molar-refractivity contribution in [2.24, 2.45) is 0 Å². The zero-order chi connectivity index (χ0) is 8.69. The number of carbonyl (C=O) groups excluding carboxylic acids is 2. The average molecular weight is 160 g/mol. The number of urea groups is 1. The van der Waals surface area contributed by atoms with Crippen LogP contribution in [0.2, 0.25) is 0 Å². The number of rotatable bonds is 3. The van der Waals surface area contributed by atoms with Crippen LogP contribution >= 0.6 is 0 Å². The van der Waals surface area contributed by atoms with Crippen LogP contribution in [0, 0.1) is 0 Å². The van der Waals surface area contributed by atoms with Gasteiger partial charge in [0, 0.05) is 6.54 Å². The van der Waals surface area contributed by atoms with Gasteiger partial charge in [0.05, 0.1) is 7.11 Å². The van der Waals surface area contributed by atoms with Crippen molar-refractivity contribution in [3.05, 3.63) is 0 Å². The largest absolute Gasteiger partial charge is 0.468 e. The molecule has 11 heavy (non-hydrogen) atoms. The highest BCUT2D eigenvalue weighted by Crippen LogP contribution is 1.70. The first-order valence-electron chi connectivity index (χ1n) is 3.29. The van der Waals surface area contributed by atoms with Gasteiger partial charge in [-0.3, -0.25) is 4.79 Å². The summed E-state index contributed by atoms with van der Waals surface area (Å²) in [4.78, 5) is 21.1. The molecule has 0 bridgehead atoms. The predicted molar refractivity (Wildman–Crippen MR) is 39.1 cm³/mol. The lowest BCUT2D eigenvalue weighted by Crippen LogP contribution is -2.38. The van der Waals surface area contributed by atoms with Gasteiger partial charge in [-0.15, -0.1) is 0 Å². The van der Waals surface area contributed by atoms with E-state index in [1.807, 2.05) is 0 Å². The van der Waals surface area contributed by atoms with Crippen molar-refractivity contribution in [3.8, 4) is 0 Å². The number of hydrogen-bond donors (Lipinski definition) is 2. The van der Waals surface area contributed by atoms with E-state index in [4.69, 9.17) is 0 Å². The Labute approximate surface area is 65.1 Å². The number of nitrogens with one attached hydrogen (secondary N) is 2. The Balaban J connectivity index is 3.38. The standard InChI is InChI=1S/C6H12N2O3/c1-3-7-6(10)8-4-5(9)11-2/h3-4H2,1-2H3,(H2,7,8,10). The van der Waals surface area contributed by atoms with Crippen LogP contribution in [0.15, 0.2) is 0 Å². The van der Waals surface area contributed by atoms with Crippen LogP contribution < -0.4 is 10.6 Å². The summed E-state index contributed by atoms with van der Waals surface area (Å²) in [7, 11) is 1.27. The van der Waals surface area contributed by atoms with Gasteiger partial charge >= 0.3 is 12.0 Å². The number of hydrogen-bond acceptors (Lipinski definition) is 3. The second kappa shape index (κ2) is 5.52. The highest BCUT2D eigenvalue weighted by atomic mass is 16.5. The predicted octanol–water partition coefficient (Wildman–Crippen LogP) is -0.521. The molecule has 0 heterocycles. The molecule has 0 aromatic rings. The van der Waals surface area contributed by atoms with E-state index in [0.29, 0.717) is 6.54 Å². The van der Waals surface area contributed by atoms with Crippen molar-refractivity contribution >= 4 is 12.0 Å². The van der Waals surface area contributed by atoms with Crippen LogP contribution in [0.3, 0.4) is 0 Å². The lowest BCUT2D eigenvalue weighted by Gasteiger charge is -2.03. The van der Waals surface area contributed by atoms with Gasteiger partial charge in [-0.25, -0.2) is 4.79 Å². The minimum absolute atomic E-state index is 0.0949. The third kappa shape index (κ3) is 5.20. The van der Waals surface area contributed by atoms with Gasteiger partial charge in [0.2, 0.25) is 0 Å². The molecule has 0 radical (unpaired) electrons. The van der Waals surface area contributed by atoms with E-state index >= 15 is 0 Å². The molecule has 5 nitrogen and oxygen atoms in total. The molecule has 0 saturated carbocycles. The van der Waals surface area contributed by atoms with Crippen LogP contribution in [0.5, 0.6) is 0 Å². The van der Waals surface area contributed by atoms with Crippen LogP contribution in [0.25, 0.3) is 0 Å². The summed E-state index contributed by atoms with van der Waals surface area (Å²) < 4.78 is 4.30. The fourth-order valence-corrected chi connectivity index (χ4v) is 0.448. The van der Waals surface area contributed by atoms with Crippen LogP contribution in [-0.2, 0) is 9.53 Å². The number of amides is 2. The highest BCUT2D eigenvalue weighted by Gasteiger charge is 2.01. The van der Waals surface area contributed by atoms with E-state index < -0.39 is 5.97 Å². The molecular weight excluding hydrogens is 148 g/mol. The summed E-state index contributed by atoms with van der Waals surface area (Å²) in [5, 5.41) is 4.78. The van der Waals surface area contributed by atoms with E-state index in [1.54, 1.807) is 6.92 Å². The highest BCUT2D eigenvalue weighted by molar-refractivity contribution is 5.80. The summed E-state index contributed by atoms with van der Waals surface area (Å²) in [5.74, 6) is -0.462. The Hall–Kier alpha value is -1.26. The van der Waals surface area contributed by atoms with Crippen molar-refractivity contribution in [1.29, 1.82) is 0 Å².